The first-order chi connectivity index (χ1) is 16.9. The lowest BCUT2D eigenvalue weighted by atomic mass is 9.98. The molecule has 7 nitrogen and oxygen atoms in total. The Hall–Kier alpha value is -3.65. The SMILES string of the molecule is O=C(NCC1(C(=O)Nc2cc(Br)ccc2C(=O)O)CC1)OCC1c2ccccc2-c2ccccc21. The zero-order valence-electron chi connectivity index (χ0n) is 18.7. The number of hydrogen-bond donors (Lipinski definition) is 3. The number of halogens is 1. The molecular formula is C27H23BrN2O5. The molecule has 0 atom stereocenters. The number of carbonyl (C=O) groups excluding carboxylic acids is 2. The smallest absolute Gasteiger partial charge is 0.407 e. The zero-order chi connectivity index (χ0) is 24.6. The summed E-state index contributed by atoms with van der Waals surface area (Å²) in [5, 5.41) is 14.8. The number of rotatable bonds is 7. The van der Waals surface area contributed by atoms with Gasteiger partial charge in [-0.2, -0.15) is 0 Å². The second-order valence-electron chi connectivity index (χ2n) is 8.91. The number of carboxylic acids is 1. The lowest BCUT2D eigenvalue weighted by molar-refractivity contribution is -0.120. The molecule has 0 aliphatic heterocycles. The van der Waals surface area contributed by atoms with Crippen LogP contribution in [-0.2, 0) is 9.53 Å². The van der Waals surface area contributed by atoms with E-state index in [1.807, 2.05) is 24.3 Å². The lowest BCUT2D eigenvalue weighted by Gasteiger charge is -2.18. The Morgan fingerprint density at radius 2 is 1.60 bits per heavy atom. The molecule has 35 heavy (non-hydrogen) atoms. The van der Waals surface area contributed by atoms with E-state index < -0.39 is 17.5 Å². The minimum atomic E-state index is -1.13. The number of aromatic carboxylic acids is 1. The standard InChI is InChI=1S/C27H23BrN2O5/c28-16-9-10-21(24(31)32)23(13-16)30-25(33)27(11-12-27)15-29-26(34)35-14-22-19-7-3-1-5-17(19)18-6-2-4-8-20(18)22/h1-10,13,22H,11-12,14-15H2,(H,29,34)(H,30,33)(H,31,32). The van der Waals surface area contributed by atoms with Crippen molar-refractivity contribution in [1.82, 2.24) is 5.32 Å². The molecule has 3 N–H and O–H groups in total. The van der Waals surface area contributed by atoms with E-state index in [0.717, 1.165) is 22.3 Å². The average Bonchev–Trinajstić information content (AvgIpc) is 3.58. The number of carbonyl (C=O) groups is 3. The highest BCUT2D eigenvalue weighted by Gasteiger charge is 2.50. The molecule has 0 aromatic heterocycles. The molecule has 3 aromatic carbocycles. The number of fused-ring (bicyclic) bond motifs is 3. The van der Waals surface area contributed by atoms with Crippen LogP contribution in [0.4, 0.5) is 10.5 Å². The fourth-order valence-electron chi connectivity index (χ4n) is 4.59. The van der Waals surface area contributed by atoms with E-state index in [1.165, 1.54) is 6.07 Å². The second kappa shape index (κ2) is 9.19. The third-order valence-electron chi connectivity index (χ3n) is 6.71. The summed E-state index contributed by atoms with van der Waals surface area (Å²) in [6.45, 7) is 0.311. The summed E-state index contributed by atoms with van der Waals surface area (Å²) in [4.78, 5) is 36.9. The molecule has 1 fully saturated rings. The van der Waals surface area contributed by atoms with Crippen LogP contribution in [0.3, 0.4) is 0 Å². The molecule has 0 bridgehead atoms. The Morgan fingerprint density at radius 1 is 0.971 bits per heavy atom. The van der Waals surface area contributed by atoms with Crippen LogP contribution in [0.25, 0.3) is 11.1 Å². The van der Waals surface area contributed by atoms with Crippen LogP contribution in [0.2, 0.25) is 0 Å². The van der Waals surface area contributed by atoms with Crippen LogP contribution in [0.5, 0.6) is 0 Å². The van der Waals surface area contributed by atoms with Gasteiger partial charge in [-0.3, -0.25) is 4.79 Å². The van der Waals surface area contributed by atoms with Gasteiger partial charge in [0.15, 0.2) is 0 Å². The summed E-state index contributed by atoms with van der Waals surface area (Å²) in [6.07, 6.45) is 0.609. The number of amides is 2. The topological polar surface area (TPSA) is 105 Å². The zero-order valence-corrected chi connectivity index (χ0v) is 20.3. The van der Waals surface area contributed by atoms with E-state index in [9.17, 15) is 19.5 Å². The molecule has 2 amide bonds. The number of alkyl carbamates (subject to hydrolysis) is 1. The van der Waals surface area contributed by atoms with Crippen molar-refractivity contribution in [3.63, 3.8) is 0 Å². The molecule has 0 saturated heterocycles. The molecular weight excluding hydrogens is 512 g/mol. The number of hydrogen-bond acceptors (Lipinski definition) is 4. The van der Waals surface area contributed by atoms with Crippen LogP contribution in [0.1, 0.15) is 40.2 Å². The van der Waals surface area contributed by atoms with Crippen LogP contribution >= 0.6 is 15.9 Å². The normalized spacial score (nSPS) is 15.0. The van der Waals surface area contributed by atoms with E-state index in [4.69, 9.17) is 4.74 Å². The van der Waals surface area contributed by atoms with Gasteiger partial charge in [0.1, 0.15) is 6.61 Å². The lowest BCUT2D eigenvalue weighted by Crippen LogP contribution is -2.38. The van der Waals surface area contributed by atoms with Gasteiger partial charge in [0.25, 0.3) is 0 Å². The molecule has 178 valence electrons. The number of ether oxygens (including phenoxy) is 1. The highest BCUT2D eigenvalue weighted by Crippen LogP contribution is 2.47. The molecule has 5 rings (SSSR count). The van der Waals surface area contributed by atoms with Gasteiger partial charge in [0.2, 0.25) is 5.91 Å². The molecule has 2 aliphatic rings. The largest absolute Gasteiger partial charge is 0.478 e. The Morgan fingerprint density at radius 3 is 2.20 bits per heavy atom. The van der Waals surface area contributed by atoms with Crippen molar-refractivity contribution in [2.24, 2.45) is 5.41 Å². The Labute approximate surface area is 210 Å². The highest BCUT2D eigenvalue weighted by molar-refractivity contribution is 9.10. The first-order valence-corrected chi connectivity index (χ1v) is 12.1. The van der Waals surface area contributed by atoms with Gasteiger partial charge in [0, 0.05) is 16.9 Å². The number of nitrogens with one attached hydrogen (secondary N) is 2. The first-order valence-electron chi connectivity index (χ1n) is 11.3. The van der Waals surface area contributed by atoms with E-state index in [1.54, 1.807) is 12.1 Å². The molecule has 3 aromatic rings. The molecule has 0 radical (unpaired) electrons. The Kier molecular flexibility index (Phi) is 6.06. The second-order valence-corrected chi connectivity index (χ2v) is 9.82. The van der Waals surface area contributed by atoms with Crippen LogP contribution in [-0.4, -0.2) is 36.2 Å². The highest BCUT2D eigenvalue weighted by atomic mass is 79.9. The molecule has 2 aliphatic carbocycles. The third-order valence-corrected chi connectivity index (χ3v) is 7.20. The predicted molar refractivity (Wildman–Crippen MR) is 134 cm³/mol. The van der Waals surface area contributed by atoms with Crippen molar-refractivity contribution < 1.29 is 24.2 Å². The fourth-order valence-corrected chi connectivity index (χ4v) is 4.95. The summed E-state index contributed by atoms with van der Waals surface area (Å²) >= 11 is 3.30. The van der Waals surface area contributed by atoms with E-state index >= 15 is 0 Å². The molecule has 0 spiro atoms. The Balaban J connectivity index is 1.20. The van der Waals surface area contributed by atoms with Gasteiger partial charge in [-0.05, 0) is 53.3 Å². The quantitative estimate of drug-likeness (QED) is 0.376. The number of benzene rings is 3. The third kappa shape index (κ3) is 4.53. The average molecular weight is 535 g/mol. The molecule has 0 heterocycles. The van der Waals surface area contributed by atoms with Crippen molar-refractivity contribution in [2.75, 3.05) is 18.5 Å². The van der Waals surface area contributed by atoms with E-state index in [-0.39, 0.29) is 36.2 Å². The van der Waals surface area contributed by atoms with Gasteiger partial charge >= 0.3 is 12.1 Å². The van der Waals surface area contributed by atoms with Crippen molar-refractivity contribution >= 4 is 39.6 Å². The number of carboxylic acid groups (broad SMARTS) is 1. The van der Waals surface area contributed by atoms with Crippen LogP contribution < -0.4 is 10.6 Å². The summed E-state index contributed by atoms with van der Waals surface area (Å²) in [6, 6.07) is 20.8. The monoisotopic (exact) mass is 534 g/mol. The predicted octanol–water partition coefficient (Wildman–Crippen LogP) is 5.40. The Bertz CT molecular complexity index is 1290. The molecule has 8 heteroatoms. The number of anilines is 1. The van der Waals surface area contributed by atoms with Gasteiger partial charge in [0.05, 0.1) is 16.7 Å². The van der Waals surface area contributed by atoms with Gasteiger partial charge in [-0.1, -0.05) is 64.5 Å². The summed E-state index contributed by atoms with van der Waals surface area (Å²) in [5.74, 6) is -1.50. The van der Waals surface area contributed by atoms with Gasteiger partial charge in [-0.15, -0.1) is 0 Å². The van der Waals surface area contributed by atoms with Crippen LogP contribution in [0, 0.1) is 5.41 Å². The van der Waals surface area contributed by atoms with E-state index in [2.05, 4.69) is 50.8 Å². The van der Waals surface area contributed by atoms with Gasteiger partial charge in [-0.25, -0.2) is 9.59 Å². The minimum Gasteiger partial charge on any atom is -0.478 e. The van der Waals surface area contributed by atoms with Gasteiger partial charge < -0.3 is 20.5 Å². The maximum absolute atomic E-state index is 12.9. The van der Waals surface area contributed by atoms with Crippen molar-refractivity contribution in [3.8, 4) is 11.1 Å². The van der Waals surface area contributed by atoms with Crippen molar-refractivity contribution in [2.45, 2.75) is 18.8 Å². The van der Waals surface area contributed by atoms with Crippen LogP contribution in [0.15, 0.2) is 71.2 Å². The maximum atomic E-state index is 12.9. The first kappa shape index (κ1) is 23.1. The molecule has 0 unspecified atom stereocenters. The van der Waals surface area contributed by atoms with Crippen molar-refractivity contribution in [1.29, 1.82) is 0 Å². The van der Waals surface area contributed by atoms with E-state index in [0.29, 0.717) is 17.3 Å². The minimum absolute atomic E-state index is 0.00171. The maximum Gasteiger partial charge on any atom is 0.407 e. The van der Waals surface area contributed by atoms with Crippen molar-refractivity contribution in [3.05, 3.63) is 87.9 Å². The summed E-state index contributed by atoms with van der Waals surface area (Å²) in [5.41, 5.74) is 4.00. The molecule has 1 saturated carbocycles. The summed E-state index contributed by atoms with van der Waals surface area (Å²) < 4.78 is 6.21. The summed E-state index contributed by atoms with van der Waals surface area (Å²) in [7, 11) is 0. The fraction of sp³-hybridized carbons (Fsp3) is 0.222.